The summed E-state index contributed by atoms with van der Waals surface area (Å²) in [4.78, 5) is 38.2. The van der Waals surface area contributed by atoms with Crippen LogP contribution < -0.4 is 0 Å². The number of hydrogen-bond acceptors (Lipinski definition) is 6. The molecule has 0 aromatic rings. The Bertz CT molecular complexity index is 1410. The lowest BCUT2D eigenvalue weighted by Gasteiger charge is -2.18. The fourth-order valence-electron chi connectivity index (χ4n) is 8.10. The molecule has 0 aliphatic rings. The van der Waals surface area contributed by atoms with Crippen LogP contribution >= 0.6 is 0 Å². The van der Waals surface area contributed by atoms with Gasteiger partial charge in [0.05, 0.1) is 0 Å². The van der Waals surface area contributed by atoms with Gasteiger partial charge in [-0.15, -0.1) is 0 Å². The zero-order valence-corrected chi connectivity index (χ0v) is 46.5. The second-order valence-electron chi connectivity index (χ2n) is 19.5. The van der Waals surface area contributed by atoms with Crippen LogP contribution in [0.2, 0.25) is 0 Å². The van der Waals surface area contributed by atoms with Crippen LogP contribution in [0.3, 0.4) is 0 Å². The third-order valence-corrected chi connectivity index (χ3v) is 12.6. The Morgan fingerprint density at radius 1 is 0.310 bits per heavy atom. The number of carbonyl (C=O) groups excluding carboxylic acids is 3. The van der Waals surface area contributed by atoms with Crippen LogP contribution in [0.15, 0.2) is 97.2 Å². The molecule has 0 saturated heterocycles. The van der Waals surface area contributed by atoms with E-state index in [0.29, 0.717) is 19.3 Å². The van der Waals surface area contributed by atoms with Crippen LogP contribution in [0.1, 0.15) is 278 Å². The average molecular weight is 988 g/mol. The summed E-state index contributed by atoms with van der Waals surface area (Å²) in [6.45, 7) is 6.48. The smallest absolute Gasteiger partial charge is 0.306 e. The van der Waals surface area contributed by atoms with E-state index in [0.717, 1.165) is 122 Å². The first kappa shape index (κ1) is 67.3. The Kier molecular flexibility index (Phi) is 55.9. The van der Waals surface area contributed by atoms with Crippen molar-refractivity contribution in [3.05, 3.63) is 97.2 Å². The molecule has 0 aliphatic carbocycles. The van der Waals surface area contributed by atoms with Crippen LogP contribution in [-0.4, -0.2) is 37.2 Å². The lowest BCUT2D eigenvalue weighted by molar-refractivity contribution is -0.167. The largest absolute Gasteiger partial charge is 0.462 e. The molecule has 0 radical (unpaired) electrons. The van der Waals surface area contributed by atoms with E-state index in [1.54, 1.807) is 0 Å². The summed E-state index contributed by atoms with van der Waals surface area (Å²) in [6.07, 6.45) is 78.3. The van der Waals surface area contributed by atoms with E-state index in [2.05, 4.69) is 118 Å². The molecule has 0 bridgehead atoms. The molecule has 0 spiro atoms. The predicted molar refractivity (Wildman–Crippen MR) is 307 cm³/mol. The Balaban J connectivity index is 4.50. The standard InChI is InChI=1S/C65H110O6/c1-4-7-10-13-16-19-22-25-28-31-33-35-37-40-43-46-49-52-55-58-64(67)70-61-62(60-69-63(66)57-54-51-48-45-42-39-36-30-27-24-21-18-15-12-9-6-3)71-65(68)59-56-53-50-47-44-41-38-34-32-29-26-23-20-17-14-11-8-5-2/h7,10,16,19,25,28,30,33-36,38-40,42-43,62H,4-6,8-9,11-15,17-18,20-24,26-27,29,31-32,37,41,44-61H2,1-3H3/b10-7-,19-16-,28-25-,35-33-,36-30-,38-34-,42-39-,43-40-. The maximum absolute atomic E-state index is 12.9. The van der Waals surface area contributed by atoms with Gasteiger partial charge in [0.2, 0.25) is 0 Å². The van der Waals surface area contributed by atoms with E-state index in [-0.39, 0.29) is 31.1 Å². The molecule has 0 amide bonds. The first-order valence-electron chi connectivity index (χ1n) is 29.8. The normalized spacial score (nSPS) is 12.8. The lowest BCUT2D eigenvalue weighted by atomic mass is 10.1. The number of ether oxygens (including phenoxy) is 3. The molecule has 406 valence electrons. The zero-order valence-electron chi connectivity index (χ0n) is 46.5. The molecule has 0 rings (SSSR count). The van der Waals surface area contributed by atoms with Gasteiger partial charge in [-0.1, -0.05) is 240 Å². The third kappa shape index (κ3) is 57.1. The Labute approximate surface area is 438 Å². The van der Waals surface area contributed by atoms with E-state index >= 15 is 0 Å². The molecule has 71 heavy (non-hydrogen) atoms. The van der Waals surface area contributed by atoms with Crippen molar-refractivity contribution in [2.75, 3.05) is 13.2 Å². The van der Waals surface area contributed by atoms with E-state index < -0.39 is 6.10 Å². The summed E-state index contributed by atoms with van der Waals surface area (Å²) in [5.41, 5.74) is 0. The van der Waals surface area contributed by atoms with Gasteiger partial charge in [0.15, 0.2) is 6.10 Å². The molecule has 0 saturated carbocycles. The first-order chi connectivity index (χ1) is 35.0. The van der Waals surface area contributed by atoms with Gasteiger partial charge in [-0.25, -0.2) is 0 Å². The molecule has 0 aromatic carbocycles. The molecule has 0 heterocycles. The van der Waals surface area contributed by atoms with Gasteiger partial charge in [0.1, 0.15) is 13.2 Å². The number of allylic oxidation sites excluding steroid dienone is 16. The van der Waals surface area contributed by atoms with Gasteiger partial charge >= 0.3 is 17.9 Å². The van der Waals surface area contributed by atoms with Crippen molar-refractivity contribution < 1.29 is 28.6 Å². The van der Waals surface area contributed by atoms with Crippen molar-refractivity contribution >= 4 is 17.9 Å². The molecular weight excluding hydrogens is 877 g/mol. The maximum Gasteiger partial charge on any atom is 0.306 e. The Morgan fingerprint density at radius 3 is 0.972 bits per heavy atom. The fraction of sp³-hybridized carbons (Fsp3) is 0.708. The Hall–Kier alpha value is -3.67. The van der Waals surface area contributed by atoms with Crippen molar-refractivity contribution in [1.82, 2.24) is 0 Å². The third-order valence-electron chi connectivity index (χ3n) is 12.6. The monoisotopic (exact) mass is 987 g/mol. The number of unbranched alkanes of at least 4 members (excludes halogenated alkanes) is 27. The number of hydrogen-bond donors (Lipinski definition) is 0. The maximum atomic E-state index is 12.9. The van der Waals surface area contributed by atoms with E-state index in [9.17, 15) is 14.4 Å². The summed E-state index contributed by atoms with van der Waals surface area (Å²) in [5.74, 6) is -0.965. The van der Waals surface area contributed by atoms with Crippen LogP contribution in [0.25, 0.3) is 0 Å². The van der Waals surface area contributed by atoms with Crippen molar-refractivity contribution in [3.63, 3.8) is 0 Å². The minimum absolute atomic E-state index is 0.105. The van der Waals surface area contributed by atoms with Gasteiger partial charge in [-0.3, -0.25) is 14.4 Å². The quantitative estimate of drug-likeness (QED) is 0.0199. The van der Waals surface area contributed by atoms with Gasteiger partial charge in [-0.05, 0) is 116 Å². The molecule has 0 aromatic heterocycles. The van der Waals surface area contributed by atoms with Crippen LogP contribution in [0.5, 0.6) is 0 Å². The minimum Gasteiger partial charge on any atom is -0.462 e. The topological polar surface area (TPSA) is 78.9 Å². The summed E-state index contributed by atoms with van der Waals surface area (Å²) < 4.78 is 16.8. The molecule has 0 fully saturated rings. The van der Waals surface area contributed by atoms with Crippen molar-refractivity contribution in [3.8, 4) is 0 Å². The van der Waals surface area contributed by atoms with Gasteiger partial charge in [0.25, 0.3) is 0 Å². The van der Waals surface area contributed by atoms with E-state index in [1.807, 2.05) is 0 Å². The number of carbonyl (C=O) groups is 3. The van der Waals surface area contributed by atoms with E-state index in [1.165, 1.54) is 116 Å². The van der Waals surface area contributed by atoms with Crippen LogP contribution in [0, 0.1) is 0 Å². The van der Waals surface area contributed by atoms with Crippen molar-refractivity contribution in [2.45, 2.75) is 284 Å². The molecule has 0 aliphatic heterocycles. The summed E-state index contributed by atoms with van der Waals surface area (Å²) in [5, 5.41) is 0. The molecule has 0 N–H and O–H groups in total. The van der Waals surface area contributed by atoms with Crippen molar-refractivity contribution in [2.24, 2.45) is 0 Å². The second kappa shape index (κ2) is 58.9. The minimum atomic E-state index is -0.808. The van der Waals surface area contributed by atoms with Gasteiger partial charge in [0, 0.05) is 19.3 Å². The fourth-order valence-corrected chi connectivity index (χ4v) is 8.10. The highest BCUT2D eigenvalue weighted by Gasteiger charge is 2.19. The highest BCUT2D eigenvalue weighted by molar-refractivity contribution is 5.71. The SMILES string of the molecule is CC/C=C\C/C=C\C/C=C\C/C=C\C/C=C\CCCCCC(=O)OCC(COC(=O)CCCCC/C=C\C=C/CCCCCCCCC)OC(=O)CCCCCCC/C=C\CCCCCCCCCCC. The molecular formula is C65H110O6. The summed E-state index contributed by atoms with van der Waals surface area (Å²) in [7, 11) is 0. The van der Waals surface area contributed by atoms with Crippen molar-refractivity contribution in [1.29, 1.82) is 0 Å². The summed E-state index contributed by atoms with van der Waals surface area (Å²) in [6, 6.07) is 0. The zero-order chi connectivity index (χ0) is 51.4. The average Bonchev–Trinajstić information content (AvgIpc) is 3.37. The molecule has 1 unspecified atom stereocenters. The number of rotatable bonds is 53. The van der Waals surface area contributed by atoms with Crippen LogP contribution in [0.4, 0.5) is 0 Å². The predicted octanol–water partition coefficient (Wildman–Crippen LogP) is 20.1. The first-order valence-corrected chi connectivity index (χ1v) is 29.8. The second-order valence-corrected chi connectivity index (χ2v) is 19.5. The number of esters is 3. The van der Waals surface area contributed by atoms with Crippen LogP contribution in [-0.2, 0) is 28.6 Å². The van der Waals surface area contributed by atoms with Gasteiger partial charge in [-0.2, -0.15) is 0 Å². The lowest BCUT2D eigenvalue weighted by Crippen LogP contribution is -2.30. The molecule has 6 heteroatoms. The van der Waals surface area contributed by atoms with E-state index in [4.69, 9.17) is 14.2 Å². The van der Waals surface area contributed by atoms with Gasteiger partial charge < -0.3 is 14.2 Å². The highest BCUT2D eigenvalue weighted by atomic mass is 16.6. The molecule has 1 atom stereocenters. The summed E-state index contributed by atoms with van der Waals surface area (Å²) >= 11 is 0. The molecule has 6 nitrogen and oxygen atoms in total. The highest BCUT2D eigenvalue weighted by Crippen LogP contribution is 2.14. The Morgan fingerprint density at radius 2 is 0.592 bits per heavy atom.